The highest BCUT2D eigenvalue weighted by molar-refractivity contribution is 7.21. The van der Waals surface area contributed by atoms with Crippen LogP contribution in [0, 0.1) is 5.92 Å². The number of carbonyl (C=O) groups excluding carboxylic acids is 1. The first-order valence-electron chi connectivity index (χ1n) is 7.62. The SMILES string of the molecule is CC(C)CNC(=O)Nc1ccc(-c2nc3ccccc3s2)cc1. The van der Waals surface area contributed by atoms with E-state index in [1.165, 1.54) is 4.70 Å². The summed E-state index contributed by atoms with van der Waals surface area (Å²) < 4.78 is 1.18. The van der Waals surface area contributed by atoms with E-state index in [-0.39, 0.29) is 6.03 Å². The van der Waals surface area contributed by atoms with E-state index in [9.17, 15) is 4.79 Å². The van der Waals surface area contributed by atoms with Gasteiger partial charge in [-0.05, 0) is 42.3 Å². The number of nitrogens with one attached hydrogen (secondary N) is 2. The minimum absolute atomic E-state index is 0.175. The Kier molecular flexibility index (Phi) is 4.57. The Bertz CT molecular complexity index is 776. The van der Waals surface area contributed by atoms with Crippen LogP contribution in [-0.2, 0) is 0 Å². The predicted molar refractivity (Wildman–Crippen MR) is 96.9 cm³/mol. The van der Waals surface area contributed by atoms with Crippen molar-refractivity contribution < 1.29 is 4.79 Å². The van der Waals surface area contributed by atoms with Gasteiger partial charge < -0.3 is 10.6 Å². The summed E-state index contributed by atoms with van der Waals surface area (Å²) in [7, 11) is 0. The van der Waals surface area contributed by atoms with E-state index in [4.69, 9.17) is 0 Å². The van der Waals surface area contributed by atoms with Gasteiger partial charge in [0.2, 0.25) is 0 Å². The lowest BCUT2D eigenvalue weighted by Crippen LogP contribution is -2.31. The molecule has 0 atom stereocenters. The number of urea groups is 1. The molecule has 0 fully saturated rings. The maximum Gasteiger partial charge on any atom is 0.319 e. The van der Waals surface area contributed by atoms with Crippen LogP contribution in [0.25, 0.3) is 20.8 Å². The molecule has 3 aromatic rings. The van der Waals surface area contributed by atoms with Crippen LogP contribution in [0.1, 0.15) is 13.8 Å². The lowest BCUT2D eigenvalue weighted by atomic mass is 10.2. The monoisotopic (exact) mass is 325 g/mol. The summed E-state index contributed by atoms with van der Waals surface area (Å²) in [6, 6.07) is 15.7. The number of thiazole rings is 1. The van der Waals surface area contributed by atoms with Crippen LogP contribution in [-0.4, -0.2) is 17.6 Å². The second kappa shape index (κ2) is 6.79. The van der Waals surface area contributed by atoms with Crippen molar-refractivity contribution >= 4 is 33.3 Å². The number of fused-ring (bicyclic) bond motifs is 1. The van der Waals surface area contributed by atoms with E-state index in [0.717, 1.165) is 21.8 Å². The largest absolute Gasteiger partial charge is 0.338 e. The van der Waals surface area contributed by atoms with E-state index >= 15 is 0 Å². The normalized spacial score (nSPS) is 10.9. The third-order valence-electron chi connectivity index (χ3n) is 3.35. The number of carbonyl (C=O) groups is 1. The molecule has 5 heteroatoms. The Balaban J connectivity index is 1.70. The molecule has 0 unspecified atom stereocenters. The summed E-state index contributed by atoms with van der Waals surface area (Å²) in [6.45, 7) is 4.79. The molecule has 0 aliphatic rings. The molecular formula is C18H19N3OS. The Morgan fingerprint density at radius 2 is 1.87 bits per heavy atom. The minimum atomic E-state index is -0.175. The maximum absolute atomic E-state index is 11.8. The maximum atomic E-state index is 11.8. The Hall–Kier alpha value is -2.40. The van der Waals surface area contributed by atoms with Crippen molar-refractivity contribution in [2.24, 2.45) is 5.92 Å². The quantitative estimate of drug-likeness (QED) is 0.728. The molecule has 3 rings (SSSR count). The number of anilines is 1. The summed E-state index contributed by atoms with van der Waals surface area (Å²) >= 11 is 1.67. The molecule has 0 saturated carbocycles. The van der Waals surface area contributed by atoms with Gasteiger partial charge in [-0.3, -0.25) is 0 Å². The topological polar surface area (TPSA) is 54.0 Å². The van der Waals surface area contributed by atoms with Crippen molar-refractivity contribution in [2.45, 2.75) is 13.8 Å². The fourth-order valence-electron chi connectivity index (χ4n) is 2.16. The predicted octanol–water partition coefficient (Wildman–Crippen LogP) is 4.74. The van der Waals surface area contributed by atoms with Crippen LogP contribution in [0.5, 0.6) is 0 Å². The molecule has 1 heterocycles. The second-order valence-electron chi connectivity index (χ2n) is 5.79. The van der Waals surface area contributed by atoms with Crippen molar-refractivity contribution in [3.05, 3.63) is 48.5 Å². The van der Waals surface area contributed by atoms with Gasteiger partial charge in [-0.15, -0.1) is 11.3 Å². The van der Waals surface area contributed by atoms with Crippen molar-refractivity contribution in [1.82, 2.24) is 10.3 Å². The highest BCUT2D eigenvalue weighted by atomic mass is 32.1. The first-order valence-corrected chi connectivity index (χ1v) is 8.44. The van der Waals surface area contributed by atoms with Gasteiger partial charge in [0.15, 0.2) is 0 Å². The summed E-state index contributed by atoms with van der Waals surface area (Å²) in [4.78, 5) is 16.4. The number of rotatable bonds is 4. The van der Waals surface area contributed by atoms with Gasteiger partial charge in [-0.25, -0.2) is 9.78 Å². The van der Waals surface area contributed by atoms with E-state index in [2.05, 4.69) is 35.5 Å². The summed E-state index contributed by atoms with van der Waals surface area (Å²) in [6.07, 6.45) is 0. The van der Waals surface area contributed by atoms with Crippen molar-refractivity contribution in [3.63, 3.8) is 0 Å². The first-order chi connectivity index (χ1) is 11.1. The Morgan fingerprint density at radius 3 is 2.57 bits per heavy atom. The van der Waals surface area contributed by atoms with Crippen LogP contribution >= 0.6 is 11.3 Å². The second-order valence-corrected chi connectivity index (χ2v) is 6.82. The van der Waals surface area contributed by atoms with Gasteiger partial charge >= 0.3 is 6.03 Å². The molecule has 2 amide bonds. The molecule has 4 nitrogen and oxygen atoms in total. The zero-order chi connectivity index (χ0) is 16.2. The molecule has 0 aliphatic heterocycles. The third kappa shape index (κ3) is 3.87. The van der Waals surface area contributed by atoms with Crippen molar-refractivity contribution in [2.75, 3.05) is 11.9 Å². The van der Waals surface area contributed by atoms with Crippen LogP contribution in [0.15, 0.2) is 48.5 Å². The number of amides is 2. The summed E-state index contributed by atoms with van der Waals surface area (Å²) in [5.41, 5.74) is 2.85. The number of para-hydroxylation sites is 1. The van der Waals surface area contributed by atoms with E-state index in [1.807, 2.05) is 42.5 Å². The first kappa shape index (κ1) is 15.5. The summed E-state index contributed by atoms with van der Waals surface area (Å²) in [5.74, 6) is 0.433. The van der Waals surface area contributed by atoms with E-state index in [0.29, 0.717) is 12.5 Å². The molecule has 0 spiro atoms. The fraction of sp³-hybridized carbons (Fsp3) is 0.222. The van der Waals surface area contributed by atoms with Crippen molar-refractivity contribution in [1.29, 1.82) is 0 Å². The van der Waals surface area contributed by atoms with Crippen LogP contribution in [0.2, 0.25) is 0 Å². The number of nitrogens with zero attached hydrogens (tertiary/aromatic N) is 1. The van der Waals surface area contributed by atoms with Gasteiger partial charge in [-0.2, -0.15) is 0 Å². The molecule has 0 aliphatic carbocycles. The molecule has 1 aromatic heterocycles. The van der Waals surface area contributed by atoms with Crippen LogP contribution in [0.4, 0.5) is 10.5 Å². The van der Waals surface area contributed by atoms with Crippen molar-refractivity contribution in [3.8, 4) is 10.6 Å². The standard InChI is InChI=1S/C18H19N3OS/c1-12(2)11-19-18(22)20-14-9-7-13(8-10-14)17-21-15-5-3-4-6-16(15)23-17/h3-10,12H,11H2,1-2H3,(H2,19,20,22). The van der Waals surface area contributed by atoms with Gasteiger partial charge in [0.1, 0.15) is 5.01 Å². The van der Waals surface area contributed by atoms with E-state index in [1.54, 1.807) is 11.3 Å². The number of hydrogen-bond acceptors (Lipinski definition) is 3. The highest BCUT2D eigenvalue weighted by Crippen LogP contribution is 2.30. The number of benzene rings is 2. The minimum Gasteiger partial charge on any atom is -0.338 e. The zero-order valence-electron chi connectivity index (χ0n) is 13.2. The summed E-state index contributed by atoms with van der Waals surface area (Å²) in [5, 5.41) is 6.66. The average molecular weight is 325 g/mol. The van der Waals surface area contributed by atoms with E-state index < -0.39 is 0 Å². The average Bonchev–Trinajstić information content (AvgIpc) is 2.97. The third-order valence-corrected chi connectivity index (χ3v) is 4.44. The molecule has 118 valence electrons. The molecule has 2 aromatic carbocycles. The smallest absolute Gasteiger partial charge is 0.319 e. The van der Waals surface area contributed by atoms with Gasteiger partial charge in [0.25, 0.3) is 0 Å². The Morgan fingerprint density at radius 1 is 1.13 bits per heavy atom. The molecule has 0 saturated heterocycles. The van der Waals surface area contributed by atoms with Gasteiger partial charge in [0, 0.05) is 17.8 Å². The van der Waals surface area contributed by atoms with Crippen LogP contribution < -0.4 is 10.6 Å². The molecular weight excluding hydrogens is 306 g/mol. The molecule has 0 radical (unpaired) electrons. The number of aromatic nitrogens is 1. The van der Waals surface area contributed by atoms with Gasteiger partial charge in [-0.1, -0.05) is 26.0 Å². The lowest BCUT2D eigenvalue weighted by Gasteiger charge is -2.09. The highest BCUT2D eigenvalue weighted by Gasteiger charge is 2.07. The molecule has 2 N–H and O–H groups in total. The Labute approximate surface area is 139 Å². The zero-order valence-corrected chi connectivity index (χ0v) is 14.0. The van der Waals surface area contributed by atoms with Gasteiger partial charge in [0.05, 0.1) is 10.2 Å². The number of hydrogen-bond donors (Lipinski definition) is 2. The fourth-order valence-corrected chi connectivity index (χ4v) is 3.14. The lowest BCUT2D eigenvalue weighted by molar-refractivity contribution is 0.251. The van der Waals surface area contributed by atoms with Crippen LogP contribution in [0.3, 0.4) is 0 Å². The molecule has 23 heavy (non-hydrogen) atoms. The molecule has 0 bridgehead atoms.